The van der Waals surface area contributed by atoms with Crippen molar-refractivity contribution < 1.29 is 0 Å². The Hall–Kier alpha value is -1.62. The Balaban J connectivity index is 1.92. The van der Waals surface area contributed by atoms with Crippen LogP contribution in [0.4, 0.5) is 0 Å². The van der Waals surface area contributed by atoms with E-state index in [0.29, 0.717) is 0 Å². The quantitative estimate of drug-likeness (QED) is 0.800. The second-order valence-electron chi connectivity index (χ2n) is 3.76. The lowest BCUT2D eigenvalue weighted by atomic mass is 10.2. The smallest absolute Gasteiger partial charge is 0.122 e. The van der Waals surface area contributed by atoms with Crippen LogP contribution in [0.3, 0.4) is 0 Å². The average molecular weight is 219 g/mol. The highest BCUT2D eigenvalue weighted by atomic mass is 15.1. The molecule has 0 bridgehead atoms. The van der Waals surface area contributed by atoms with Gasteiger partial charge in [-0.15, -0.1) is 0 Å². The first kappa shape index (κ1) is 10.9. The minimum Gasteiger partial charge on any atom is -0.334 e. The lowest BCUT2D eigenvalue weighted by Gasteiger charge is -2.12. The van der Waals surface area contributed by atoms with E-state index in [1.54, 1.807) is 0 Å². The third-order valence-corrected chi connectivity index (χ3v) is 2.73. The summed E-state index contributed by atoms with van der Waals surface area (Å²) in [6, 6.07) is 0.278. The maximum atomic E-state index is 4.32. The number of aryl methyl sites for hydroxylation is 1. The van der Waals surface area contributed by atoms with Gasteiger partial charge in [0.1, 0.15) is 5.82 Å². The van der Waals surface area contributed by atoms with Crippen LogP contribution in [0, 0.1) is 0 Å². The van der Waals surface area contributed by atoms with Gasteiger partial charge in [-0.3, -0.25) is 5.10 Å². The predicted molar refractivity (Wildman–Crippen MR) is 61.7 cm³/mol. The van der Waals surface area contributed by atoms with E-state index < -0.39 is 0 Å². The number of aromatic amines is 1. The summed E-state index contributed by atoms with van der Waals surface area (Å²) in [4.78, 5) is 4.32. The Morgan fingerprint density at radius 3 is 3.12 bits per heavy atom. The molecule has 0 spiro atoms. The molecule has 2 aromatic heterocycles. The molecule has 2 rings (SSSR count). The van der Waals surface area contributed by atoms with E-state index in [0.717, 1.165) is 24.5 Å². The first-order valence-electron chi connectivity index (χ1n) is 5.53. The van der Waals surface area contributed by atoms with Crippen molar-refractivity contribution in [3.8, 4) is 0 Å². The van der Waals surface area contributed by atoms with Gasteiger partial charge < -0.3 is 9.88 Å². The molecule has 0 saturated heterocycles. The number of imidazole rings is 1. The highest BCUT2D eigenvalue weighted by Crippen LogP contribution is 2.09. The molecule has 0 saturated carbocycles. The summed E-state index contributed by atoms with van der Waals surface area (Å²) in [6.45, 7) is 5.96. The highest BCUT2D eigenvalue weighted by molar-refractivity contribution is 5.08. The zero-order valence-electron chi connectivity index (χ0n) is 9.64. The fraction of sp³-hybridized carbons (Fsp3) is 0.455. The summed E-state index contributed by atoms with van der Waals surface area (Å²) < 4.78 is 2.13. The maximum absolute atomic E-state index is 4.32. The molecule has 0 aliphatic rings. The molecule has 5 heteroatoms. The zero-order chi connectivity index (χ0) is 11.4. The van der Waals surface area contributed by atoms with Crippen LogP contribution in [0.15, 0.2) is 24.8 Å². The molecule has 0 aromatic carbocycles. The molecule has 16 heavy (non-hydrogen) atoms. The van der Waals surface area contributed by atoms with Gasteiger partial charge in [-0.2, -0.15) is 5.10 Å². The van der Waals surface area contributed by atoms with Crippen molar-refractivity contribution in [1.82, 2.24) is 25.1 Å². The van der Waals surface area contributed by atoms with Gasteiger partial charge in [-0.25, -0.2) is 4.98 Å². The van der Waals surface area contributed by atoms with E-state index in [2.05, 4.69) is 38.9 Å². The normalized spacial score (nSPS) is 12.9. The third-order valence-electron chi connectivity index (χ3n) is 2.73. The van der Waals surface area contributed by atoms with E-state index in [4.69, 9.17) is 0 Å². The van der Waals surface area contributed by atoms with Gasteiger partial charge in [0.2, 0.25) is 0 Å². The summed E-state index contributed by atoms with van der Waals surface area (Å²) in [5, 5.41) is 10.2. The van der Waals surface area contributed by atoms with E-state index in [9.17, 15) is 0 Å². The fourth-order valence-corrected chi connectivity index (χ4v) is 1.66. The molecule has 2 aromatic rings. The van der Waals surface area contributed by atoms with Crippen LogP contribution >= 0.6 is 0 Å². The largest absolute Gasteiger partial charge is 0.334 e. The van der Waals surface area contributed by atoms with Crippen LogP contribution in [0.2, 0.25) is 0 Å². The molecule has 0 aliphatic carbocycles. The van der Waals surface area contributed by atoms with Gasteiger partial charge >= 0.3 is 0 Å². The number of nitrogens with one attached hydrogen (secondary N) is 2. The fourth-order valence-electron chi connectivity index (χ4n) is 1.66. The van der Waals surface area contributed by atoms with E-state index in [1.165, 1.54) is 0 Å². The molecular weight excluding hydrogens is 202 g/mol. The van der Waals surface area contributed by atoms with Crippen LogP contribution in [0.1, 0.15) is 31.3 Å². The minimum atomic E-state index is 0.278. The molecule has 0 radical (unpaired) electrons. The van der Waals surface area contributed by atoms with Crippen molar-refractivity contribution in [1.29, 1.82) is 0 Å². The number of aromatic nitrogens is 4. The van der Waals surface area contributed by atoms with Crippen LogP contribution in [0.25, 0.3) is 0 Å². The topological polar surface area (TPSA) is 58.5 Å². The summed E-state index contributed by atoms with van der Waals surface area (Å²) >= 11 is 0. The van der Waals surface area contributed by atoms with Gasteiger partial charge in [0.25, 0.3) is 0 Å². The molecule has 0 aliphatic heterocycles. The standard InChI is InChI=1S/C11H17N5/c1-3-16-5-4-12-11(16)8-13-9(2)10-6-14-15-7-10/h4-7,9,13H,3,8H2,1-2H3,(H,14,15). The van der Waals surface area contributed by atoms with E-state index in [-0.39, 0.29) is 6.04 Å². The molecule has 86 valence electrons. The van der Waals surface area contributed by atoms with Crippen LogP contribution in [-0.2, 0) is 13.1 Å². The van der Waals surface area contributed by atoms with Crippen LogP contribution in [0.5, 0.6) is 0 Å². The van der Waals surface area contributed by atoms with Crippen molar-refractivity contribution in [3.05, 3.63) is 36.2 Å². The summed E-state index contributed by atoms with van der Waals surface area (Å²) in [6.07, 6.45) is 7.58. The van der Waals surface area contributed by atoms with Gasteiger partial charge in [0.15, 0.2) is 0 Å². The molecular formula is C11H17N5. The Morgan fingerprint density at radius 1 is 1.56 bits per heavy atom. The number of nitrogens with zero attached hydrogens (tertiary/aromatic N) is 3. The molecule has 0 amide bonds. The van der Waals surface area contributed by atoms with E-state index >= 15 is 0 Å². The predicted octanol–water partition coefficient (Wildman–Crippen LogP) is 1.48. The van der Waals surface area contributed by atoms with Gasteiger partial charge in [0.05, 0.1) is 12.7 Å². The molecule has 0 fully saturated rings. The minimum absolute atomic E-state index is 0.278. The first-order chi connectivity index (χ1) is 7.81. The lowest BCUT2D eigenvalue weighted by Crippen LogP contribution is -2.20. The molecule has 1 unspecified atom stereocenters. The number of hydrogen-bond donors (Lipinski definition) is 2. The number of H-pyrrole nitrogens is 1. The molecule has 5 nitrogen and oxygen atoms in total. The second kappa shape index (κ2) is 4.94. The zero-order valence-corrected chi connectivity index (χ0v) is 9.64. The van der Waals surface area contributed by atoms with Gasteiger partial charge in [-0.05, 0) is 13.8 Å². The molecule has 2 N–H and O–H groups in total. The Labute approximate surface area is 94.9 Å². The summed E-state index contributed by atoms with van der Waals surface area (Å²) in [5.74, 6) is 1.07. The van der Waals surface area contributed by atoms with Gasteiger partial charge in [0, 0.05) is 36.7 Å². The van der Waals surface area contributed by atoms with Crippen LogP contribution < -0.4 is 5.32 Å². The third kappa shape index (κ3) is 2.30. The molecule has 2 heterocycles. The maximum Gasteiger partial charge on any atom is 0.122 e. The number of hydrogen-bond acceptors (Lipinski definition) is 3. The summed E-state index contributed by atoms with van der Waals surface area (Å²) in [7, 11) is 0. The SMILES string of the molecule is CCn1ccnc1CNC(C)c1cn[nH]c1. The Morgan fingerprint density at radius 2 is 2.44 bits per heavy atom. The van der Waals surface area contributed by atoms with Gasteiger partial charge in [-0.1, -0.05) is 0 Å². The van der Waals surface area contributed by atoms with Crippen LogP contribution in [-0.4, -0.2) is 19.7 Å². The van der Waals surface area contributed by atoms with E-state index in [1.807, 2.05) is 24.8 Å². The van der Waals surface area contributed by atoms with Crippen molar-refractivity contribution in [2.24, 2.45) is 0 Å². The number of rotatable bonds is 5. The highest BCUT2D eigenvalue weighted by Gasteiger charge is 2.07. The van der Waals surface area contributed by atoms with Crippen molar-refractivity contribution >= 4 is 0 Å². The second-order valence-corrected chi connectivity index (χ2v) is 3.76. The Bertz CT molecular complexity index is 417. The molecule has 1 atom stereocenters. The lowest BCUT2D eigenvalue weighted by molar-refractivity contribution is 0.540. The van der Waals surface area contributed by atoms with Crippen molar-refractivity contribution in [2.45, 2.75) is 33.0 Å². The van der Waals surface area contributed by atoms with Crippen molar-refractivity contribution in [3.63, 3.8) is 0 Å². The monoisotopic (exact) mass is 219 g/mol. The average Bonchev–Trinajstić information content (AvgIpc) is 2.96. The Kier molecular flexibility index (Phi) is 3.36. The van der Waals surface area contributed by atoms with Crippen molar-refractivity contribution in [2.75, 3.05) is 0 Å². The first-order valence-corrected chi connectivity index (χ1v) is 5.53. The summed E-state index contributed by atoms with van der Waals surface area (Å²) in [5.41, 5.74) is 1.16.